The molecule has 0 spiro atoms. The second-order valence-electron chi connectivity index (χ2n) is 5.66. The Morgan fingerprint density at radius 2 is 1.74 bits per heavy atom. The molecular weight excluding hydrogens is 244 g/mol. The second-order valence-corrected chi connectivity index (χ2v) is 5.66. The van der Waals surface area contributed by atoms with Gasteiger partial charge in [0.1, 0.15) is 6.04 Å². The summed E-state index contributed by atoms with van der Waals surface area (Å²) in [5, 5.41) is 14.9. The molecule has 0 aromatic carbocycles. The summed E-state index contributed by atoms with van der Waals surface area (Å²) in [6.45, 7) is 8.90. The maximum Gasteiger partial charge on any atom is 0.326 e. The molecule has 0 aromatic heterocycles. The highest BCUT2D eigenvalue weighted by atomic mass is 16.4. The zero-order chi connectivity index (χ0) is 14.8. The van der Waals surface area contributed by atoms with Gasteiger partial charge in [0.25, 0.3) is 0 Å². The molecule has 0 aliphatic heterocycles. The van der Waals surface area contributed by atoms with Crippen LogP contribution in [0.4, 0.5) is 0 Å². The molecule has 0 aromatic rings. The third kappa shape index (κ3) is 10.5. The van der Waals surface area contributed by atoms with Gasteiger partial charge >= 0.3 is 5.97 Å². The van der Waals surface area contributed by atoms with E-state index in [-0.39, 0.29) is 11.8 Å². The largest absolute Gasteiger partial charge is 0.480 e. The van der Waals surface area contributed by atoms with E-state index in [4.69, 9.17) is 5.11 Å². The fraction of sp³-hybridized carbons (Fsp3) is 0.857. The molecule has 5 nitrogen and oxygen atoms in total. The van der Waals surface area contributed by atoms with E-state index in [2.05, 4.69) is 24.5 Å². The van der Waals surface area contributed by atoms with Gasteiger partial charge in [0.05, 0.1) is 0 Å². The summed E-state index contributed by atoms with van der Waals surface area (Å²) in [5.41, 5.74) is 0. The third-order valence-corrected chi connectivity index (χ3v) is 2.70. The lowest BCUT2D eigenvalue weighted by Crippen LogP contribution is -2.41. The molecule has 0 fully saturated rings. The van der Waals surface area contributed by atoms with Crippen molar-refractivity contribution < 1.29 is 14.7 Å². The van der Waals surface area contributed by atoms with E-state index in [1.165, 1.54) is 0 Å². The van der Waals surface area contributed by atoms with Gasteiger partial charge in [0.15, 0.2) is 0 Å². The lowest BCUT2D eigenvalue weighted by molar-refractivity contribution is -0.142. The number of rotatable bonds is 10. The summed E-state index contributed by atoms with van der Waals surface area (Å²) in [4.78, 5) is 22.6. The Kier molecular flexibility index (Phi) is 9.21. The van der Waals surface area contributed by atoms with E-state index in [1.807, 2.05) is 13.8 Å². The normalized spacial score (nSPS) is 12.7. The Morgan fingerprint density at radius 1 is 1.11 bits per heavy atom. The van der Waals surface area contributed by atoms with E-state index >= 15 is 0 Å². The van der Waals surface area contributed by atoms with Crippen molar-refractivity contribution in [1.29, 1.82) is 0 Å². The van der Waals surface area contributed by atoms with Crippen LogP contribution in [0.3, 0.4) is 0 Å². The first-order valence-electron chi connectivity index (χ1n) is 7.08. The van der Waals surface area contributed by atoms with E-state index in [9.17, 15) is 9.59 Å². The summed E-state index contributed by atoms with van der Waals surface area (Å²) in [5.74, 6) is -0.888. The van der Waals surface area contributed by atoms with Crippen LogP contribution in [0.15, 0.2) is 0 Å². The average Bonchev–Trinajstić information content (AvgIpc) is 2.25. The van der Waals surface area contributed by atoms with Gasteiger partial charge in [0.2, 0.25) is 5.91 Å². The number of carboxylic acid groups (broad SMARTS) is 1. The minimum atomic E-state index is -0.950. The van der Waals surface area contributed by atoms with Gasteiger partial charge in [-0.25, -0.2) is 4.79 Å². The zero-order valence-corrected chi connectivity index (χ0v) is 12.5. The first-order chi connectivity index (χ1) is 8.82. The molecule has 1 atom stereocenters. The molecule has 112 valence electrons. The molecule has 0 heterocycles. The molecule has 0 aliphatic rings. The Balaban J connectivity index is 3.93. The summed E-state index contributed by atoms with van der Waals surface area (Å²) in [6, 6.07) is -0.314. The molecular formula is C14H28N2O3. The number of unbranched alkanes of at least 4 members (excludes halogenated alkanes) is 1. The molecule has 0 unspecified atom stereocenters. The molecule has 1 amide bonds. The molecule has 0 saturated carbocycles. The zero-order valence-electron chi connectivity index (χ0n) is 12.5. The number of amides is 1. The van der Waals surface area contributed by atoms with Gasteiger partial charge in [-0.15, -0.1) is 0 Å². The highest BCUT2D eigenvalue weighted by Gasteiger charge is 2.19. The van der Waals surface area contributed by atoms with Crippen LogP contribution in [-0.2, 0) is 9.59 Å². The Morgan fingerprint density at radius 3 is 2.21 bits per heavy atom. The SMILES string of the molecule is CC(C)CC(=O)N[C@@H](CCCCNC(C)C)C(=O)O. The Hall–Kier alpha value is -1.10. The van der Waals surface area contributed by atoms with Gasteiger partial charge in [-0.1, -0.05) is 27.7 Å². The van der Waals surface area contributed by atoms with Crippen molar-refractivity contribution in [1.82, 2.24) is 10.6 Å². The van der Waals surface area contributed by atoms with Crippen molar-refractivity contribution in [3.63, 3.8) is 0 Å². The topological polar surface area (TPSA) is 78.4 Å². The number of hydrogen-bond donors (Lipinski definition) is 3. The standard InChI is InChI=1S/C14H28N2O3/c1-10(2)9-13(17)16-12(14(18)19)7-5-6-8-15-11(3)4/h10-12,15H,5-9H2,1-4H3,(H,16,17)(H,18,19)/t12-/m0/s1. The first kappa shape index (κ1) is 17.9. The van der Waals surface area contributed by atoms with Gasteiger partial charge in [-0.2, -0.15) is 0 Å². The van der Waals surface area contributed by atoms with Gasteiger partial charge in [0, 0.05) is 12.5 Å². The molecule has 19 heavy (non-hydrogen) atoms. The molecule has 3 N–H and O–H groups in total. The molecule has 0 aliphatic carbocycles. The van der Waals surface area contributed by atoms with Crippen LogP contribution >= 0.6 is 0 Å². The second kappa shape index (κ2) is 9.78. The quantitative estimate of drug-likeness (QED) is 0.530. The predicted molar refractivity (Wildman–Crippen MR) is 76.0 cm³/mol. The van der Waals surface area contributed by atoms with E-state index < -0.39 is 12.0 Å². The van der Waals surface area contributed by atoms with Crippen molar-refractivity contribution in [3.05, 3.63) is 0 Å². The highest BCUT2D eigenvalue weighted by molar-refractivity contribution is 5.83. The Bertz CT molecular complexity index is 278. The summed E-state index contributed by atoms with van der Waals surface area (Å²) >= 11 is 0. The molecule has 5 heteroatoms. The molecule has 0 saturated heterocycles. The van der Waals surface area contributed by atoms with Crippen molar-refractivity contribution in [2.75, 3.05) is 6.54 Å². The van der Waals surface area contributed by atoms with Gasteiger partial charge < -0.3 is 15.7 Å². The number of carbonyl (C=O) groups excluding carboxylic acids is 1. The molecule has 0 radical (unpaired) electrons. The number of hydrogen-bond acceptors (Lipinski definition) is 3. The van der Waals surface area contributed by atoms with Crippen LogP contribution in [0, 0.1) is 5.92 Å². The lowest BCUT2D eigenvalue weighted by atomic mass is 10.1. The molecule has 0 bridgehead atoms. The Labute approximate surface area is 116 Å². The van der Waals surface area contributed by atoms with E-state index in [1.54, 1.807) is 0 Å². The first-order valence-corrected chi connectivity index (χ1v) is 7.08. The summed E-state index contributed by atoms with van der Waals surface area (Å²) in [7, 11) is 0. The van der Waals surface area contributed by atoms with Gasteiger partial charge in [-0.3, -0.25) is 4.79 Å². The van der Waals surface area contributed by atoms with E-state index in [0.717, 1.165) is 19.4 Å². The third-order valence-electron chi connectivity index (χ3n) is 2.70. The van der Waals surface area contributed by atoms with Crippen LogP contribution in [0.2, 0.25) is 0 Å². The number of nitrogens with one attached hydrogen (secondary N) is 2. The fourth-order valence-corrected chi connectivity index (χ4v) is 1.75. The van der Waals surface area contributed by atoms with Gasteiger partial charge in [-0.05, 0) is 31.7 Å². The smallest absolute Gasteiger partial charge is 0.326 e. The fourth-order valence-electron chi connectivity index (χ4n) is 1.75. The minimum absolute atomic E-state index is 0.178. The number of carbonyl (C=O) groups is 2. The van der Waals surface area contributed by atoms with Crippen LogP contribution in [0.5, 0.6) is 0 Å². The van der Waals surface area contributed by atoms with Crippen molar-refractivity contribution in [3.8, 4) is 0 Å². The van der Waals surface area contributed by atoms with Crippen LogP contribution in [0.1, 0.15) is 53.4 Å². The highest BCUT2D eigenvalue weighted by Crippen LogP contribution is 2.04. The number of aliphatic carboxylic acids is 1. The maximum atomic E-state index is 11.6. The monoisotopic (exact) mass is 272 g/mol. The lowest BCUT2D eigenvalue weighted by Gasteiger charge is -2.15. The number of carboxylic acids is 1. The summed E-state index contributed by atoms with van der Waals surface area (Å²) in [6.07, 6.45) is 2.57. The van der Waals surface area contributed by atoms with E-state index in [0.29, 0.717) is 18.9 Å². The minimum Gasteiger partial charge on any atom is -0.480 e. The van der Waals surface area contributed by atoms with Crippen LogP contribution in [0.25, 0.3) is 0 Å². The summed E-state index contributed by atoms with van der Waals surface area (Å²) < 4.78 is 0. The van der Waals surface area contributed by atoms with Crippen molar-refractivity contribution in [2.45, 2.75) is 65.5 Å². The molecule has 0 rings (SSSR count). The average molecular weight is 272 g/mol. The maximum absolute atomic E-state index is 11.6. The van der Waals surface area contributed by atoms with Crippen LogP contribution < -0.4 is 10.6 Å². The van der Waals surface area contributed by atoms with Crippen LogP contribution in [-0.4, -0.2) is 35.6 Å². The predicted octanol–water partition coefficient (Wildman–Crippen LogP) is 1.77. The van der Waals surface area contributed by atoms with Crippen molar-refractivity contribution in [2.24, 2.45) is 5.92 Å². The van der Waals surface area contributed by atoms with Crippen molar-refractivity contribution >= 4 is 11.9 Å².